The van der Waals surface area contributed by atoms with Gasteiger partial charge in [0, 0.05) is 19.1 Å². The molecule has 118 valence electrons. The summed E-state index contributed by atoms with van der Waals surface area (Å²) in [5.41, 5.74) is -0.982. The number of hydrogen-bond acceptors (Lipinski definition) is 4. The van der Waals surface area contributed by atoms with Gasteiger partial charge >= 0.3 is 12.3 Å². The Morgan fingerprint density at radius 1 is 1.41 bits per heavy atom. The van der Waals surface area contributed by atoms with Gasteiger partial charge in [-0.25, -0.2) is 9.78 Å². The molecule has 2 heterocycles. The SMILES string of the molecule is N#Cc1ccc(C(F)(F)F)nc1N1CCC(NC(=O)O)CC1. The van der Waals surface area contributed by atoms with Crippen LogP contribution >= 0.6 is 0 Å². The van der Waals surface area contributed by atoms with Crippen molar-refractivity contribution in [3.05, 3.63) is 23.4 Å². The Morgan fingerprint density at radius 2 is 2.05 bits per heavy atom. The second-order valence-corrected chi connectivity index (χ2v) is 4.89. The Bertz CT molecular complexity index is 604. The van der Waals surface area contributed by atoms with Gasteiger partial charge in [-0.3, -0.25) is 0 Å². The number of nitrogens with zero attached hydrogens (tertiary/aromatic N) is 3. The van der Waals surface area contributed by atoms with Crippen LogP contribution in [0.3, 0.4) is 0 Å². The van der Waals surface area contributed by atoms with Crippen LogP contribution in [0.5, 0.6) is 0 Å². The predicted molar refractivity (Wildman–Crippen MR) is 70.3 cm³/mol. The van der Waals surface area contributed by atoms with E-state index in [2.05, 4.69) is 10.3 Å². The first-order valence-electron chi connectivity index (χ1n) is 6.54. The largest absolute Gasteiger partial charge is 0.465 e. The zero-order valence-electron chi connectivity index (χ0n) is 11.4. The fourth-order valence-corrected chi connectivity index (χ4v) is 2.34. The molecule has 22 heavy (non-hydrogen) atoms. The lowest BCUT2D eigenvalue weighted by Gasteiger charge is -2.33. The Hall–Kier alpha value is -2.50. The number of nitriles is 1. The van der Waals surface area contributed by atoms with E-state index in [1.807, 2.05) is 6.07 Å². The number of piperidine rings is 1. The lowest BCUT2D eigenvalue weighted by atomic mass is 10.0. The molecule has 2 rings (SSSR count). The first kappa shape index (κ1) is 15.9. The zero-order chi connectivity index (χ0) is 16.3. The second-order valence-electron chi connectivity index (χ2n) is 4.89. The van der Waals surface area contributed by atoms with Crippen LogP contribution in [0.4, 0.5) is 23.8 Å². The topological polar surface area (TPSA) is 89.3 Å². The van der Waals surface area contributed by atoms with Crippen molar-refractivity contribution >= 4 is 11.9 Å². The Balaban J connectivity index is 2.19. The summed E-state index contributed by atoms with van der Waals surface area (Å²) >= 11 is 0. The summed E-state index contributed by atoms with van der Waals surface area (Å²) in [7, 11) is 0. The molecular weight excluding hydrogens is 301 g/mol. The number of carbonyl (C=O) groups is 1. The van der Waals surface area contributed by atoms with Gasteiger partial charge in [-0.2, -0.15) is 18.4 Å². The quantitative estimate of drug-likeness (QED) is 0.873. The summed E-state index contributed by atoms with van der Waals surface area (Å²) in [6.07, 6.45) is -4.83. The van der Waals surface area contributed by atoms with Crippen LogP contribution in [0.25, 0.3) is 0 Å². The summed E-state index contributed by atoms with van der Waals surface area (Å²) in [6.45, 7) is 0.655. The van der Waals surface area contributed by atoms with E-state index in [4.69, 9.17) is 10.4 Å². The molecule has 1 aliphatic heterocycles. The summed E-state index contributed by atoms with van der Waals surface area (Å²) in [5, 5.41) is 20.0. The molecule has 0 unspecified atom stereocenters. The molecule has 1 aliphatic rings. The van der Waals surface area contributed by atoms with E-state index >= 15 is 0 Å². The van der Waals surface area contributed by atoms with E-state index in [0.717, 1.165) is 12.1 Å². The molecule has 0 spiro atoms. The standard InChI is InChI=1S/C13H13F3N4O2/c14-13(15,16)10-2-1-8(7-17)11(19-10)20-5-3-9(4-6-20)18-12(21)22/h1-2,9,18H,3-6H2,(H,21,22). The first-order valence-corrected chi connectivity index (χ1v) is 6.54. The molecule has 1 aromatic heterocycles. The normalized spacial score (nSPS) is 16.2. The van der Waals surface area contributed by atoms with Gasteiger partial charge in [-0.05, 0) is 25.0 Å². The van der Waals surface area contributed by atoms with Crippen molar-refractivity contribution in [2.24, 2.45) is 0 Å². The highest BCUT2D eigenvalue weighted by Gasteiger charge is 2.34. The van der Waals surface area contributed by atoms with Crippen molar-refractivity contribution in [1.82, 2.24) is 10.3 Å². The summed E-state index contributed by atoms with van der Waals surface area (Å²) in [4.78, 5) is 15.7. The van der Waals surface area contributed by atoms with Crippen LogP contribution in [0.1, 0.15) is 24.1 Å². The van der Waals surface area contributed by atoms with E-state index in [9.17, 15) is 18.0 Å². The van der Waals surface area contributed by atoms with E-state index in [-0.39, 0.29) is 17.4 Å². The third-order valence-corrected chi connectivity index (χ3v) is 3.41. The van der Waals surface area contributed by atoms with Crippen molar-refractivity contribution in [2.75, 3.05) is 18.0 Å². The molecule has 6 nitrogen and oxygen atoms in total. The fraction of sp³-hybridized carbons (Fsp3) is 0.462. The van der Waals surface area contributed by atoms with Gasteiger partial charge in [0.15, 0.2) is 0 Å². The maximum absolute atomic E-state index is 12.7. The lowest BCUT2D eigenvalue weighted by molar-refractivity contribution is -0.141. The molecule has 2 N–H and O–H groups in total. The van der Waals surface area contributed by atoms with E-state index in [0.29, 0.717) is 25.9 Å². The maximum atomic E-state index is 12.7. The highest BCUT2D eigenvalue weighted by atomic mass is 19.4. The second kappa shape index (κ2) is 6.09. The summed E-state index contributed by atoms with van der Waals surface area (Å²) < 4.78 is 38.2. The Kier molecular flexibility index (Phi) is 4.40. The molecular formula is C13H13F3N4O2. The number of carboxylic acid groups (broad SMARTS) is 1. The maximum Gasteiger partial charge on any atom is 0.433 e. The number of hydrogen-bond donors (Lipinski definition) is 2. The molecule has 1 amide bonds. The van der Waals surface area contributed by atoms with E-state index in [1.165, 1.54) is 0 Å². The molecule has 0 saturated carbocycles. The van der Waals surface area contributed by atoms with Crippen LogP contribution < -0.4 is 10.2 Å². The van der Waals surface area contributed by atoms with Gasteiger partial charge in [-0.1, -0.05) is 0 Å². The zero-order valence-corrected chi connectivity index (χ0v) is 11.4. The predicted octanol–water partition coefficient (Wildman–Crippen LogP) is 2.21. The van der Waals surface area contributed by atoms with Gasteiger partial charge < -0.3 is 15.3 Å². The molecule has 1 aromatic rings. The van der Waals surface area contributed by atoms with Crippen LogP contribution in [0.15, 0.2) is 12.1 Å². The number of anilines is 1. The molecule has 9 heteroatoms. The minimum atomic E-state index is -4.58. The molecule has 0 aliphatic carbocycles. The average molecular weight is 314 g/mol. The van der Waals surface area contributed by atoms with Crippen LogP contribution in [-0.4, -0.2) is 35.3 Å². The molecule has 1 saturated heterocycles. The third-order valence-electron chi connectivity index (χ3n) is 3.41. The Labute approximate surface area is 124 Å². The summed E-state index contributed by atoms with van der Waals surface area (Å²) in [6, 6.07) is 3.47. The molecule has 0 bridgehead atoms. The number of pyridine rings is 1. The number of rotatable bonds is 2. The molecule has 1 fully saturated rings. The number of aromatic nitrogens is 1. The number of halogens is 3. The van der Waals surface area contributed by atoms with Crippen LogP contribution in [0.2, 0.25) is 0 Å². The third kappa shape index (κ3) is 3.58. The van der Waals surface area contributed by atoms with Crippen molar-refractivity contribution in [2.45, 2.75) is 25.1 Å². The van der Waals surface area contributed by atoms with Gasteiger partial charge in [0.1, 0.15) is 17.6 Å². The molecule has 0 radical (unpaired) electrons. The van der Waals surface area contributed by atoms with Gasteiger partial charge in [0.05, 0.1) is 5.56 Å². The molecule has 0 aromatic carbocycles. The minimum absolute atomic E-state index is 0.00824. The highest BCUT2D eigenvalue weighted by Crippen LogP contribution is 2.31. The first-order chi connectivity index (χ1) is 10.3. The van der Waals surface area contributed by atoms with Crippen molar-refractivity contribution in [1.29, 1.82) is 5.26 Å². The minimum Gasteiger partial charge on any atom is -0.465 e. The van der Waals surface area contributed by atoms with Crippen LogP contribution in [0, 0.1) is 11.3 Å². The van der Waals surface area contributed by atoms with E-state index < -0.39 is 18.0 Å². The summed E-state index contributed by atoms with van der Waals surface area (Å²) in [5.74, 6) is -0.00824. The molecule has 0 atom stereocenters. The fourth-order valence-electron chi connectivity index (χ4n) is 2.34. The van der Waals surface area contributed by atoms with Crippen molar-refractivity contribution in [3.63, 3.8) is 0 Å². The number of nitrogens with one attached hydrogen (secondary N) is 1. The highest BCUT2D eigenvalue weighted by molar-refractivity contribution is 5.65. The Morgan fingerprint density at radius 3 is 2.55 bits per heavy atom. The smallest absolute Gasteiger partial charge is 0.433 e. The van der Waals surface area contributed by atoms with Crippen molar-refractivity contribution in [3.8, 4) is 6.07 Å². The lowest BCUT2D eigenvalue weighted by Crippen LogP contribution is -2.44. The average Bonchev–Trinajstić information content (AvgIpc) is 2.46. The van der Waals surface area contributed by atoms with Gasteiger partial charge in [0.25, 0.3) is 0 Å². The van der Waals surface area contributed by atoms with Crippen LogP contribution in [-0.2, 0) is 6.18 Å². The van der Waals surface area contributed by atoms with Gasteiger partial charge in [0.2, 0.25) is 0 Å². The monoisotopic (exact) mass is 314 g/mol. The number of amides is 1. The van der Waals surface area contributed by atoms with Gasteiger partial charge in [-0.15, -0.1) is 0 Å². The number of alkyl halides is 3. The van der Waals surface area contributed by atoms with Crippen molar-refractivity contribution < 1.29 is 23.1 Å². The van der Waals surface area contributed by atoms with E-state index in [1.54, 1.807) is 4.90 Å².